The second-order valence-corrected chi connectivity index (χ2v) is 6.05. The van der Waals surface area contributed by atoms with Crippen LogP contribution in [0.5, 0.6) is 0 Å². The van der Waals surface area contributed by atoms with Crippen LogP contribution < -0.4 is 11.1 Å². The van der Waals surface area contributed by atoms with Crippen molar-refractivity contribution in [3.8, 4) is 0 Å². The van der Waals surface area contributed by atoms with Crippen molar-refractivity contribution in [3.63, 3.8) is 0 Å². The summed E-state index contributed by atoms with van der Waals surface area (Å²) in [4.78, 5) is 15.5. The summed E-state index contributed by atoms with van der Waals surface area (Å²) in [5.74, 6) is 0.402. The number of rotatable bonds is 3. The minimum atomic E-state index is 0.174. The molecule has 1 aromatic rings. The van der Waals surface area contributed by atoms with Crippen molar-refractivity contribution >= 4 is 17.2 Å². The fourth-order valence-electron chi connectivity index (χ4n) is 3.27. The van der Waals surface area contributed by atoms with Gasteiger partial charge in [0.25, 0.3) is 0 Å². The highest BCUT2D eigenvalue weighted by Gasteiger charge is 2.43. The van der Waals surface area contributed by atoms with Gasteiger partial charge >= 0.3 is 0 Å². The van der Waals surface area contributed by atoms with Crippen molar-refractivity contribution in [1.29, 1.82) is 0 Å². The number of amides is 1. The molecule has 3 unspecified atom stereocenters. The van der Waals surface area contributed by atoms with Crippen LogP contribution in [0.4, 0.5) is 0 Å². The maximum Gasteiger partial charge on any atom is 0.224 e. The molecule has 0 spiro atoms. The number of nitrogens with two attached hydrogens (primary N) is 1. The first kappa shape index (κ1) is 12.1. The normalized spacial score (nSPS) is 29.9. The van der Waals surface area contributed by atoms with Crippen LogP contribution in [0.2, 0.25) is 0 Å². The third kappa shape index (κ3) is 1.96. The SMILES string of the molecule is NCC(c1cccs1)N1CCCC2C(=O)NCC21. The molecule has 0 aromatic carbocycles. The van der Waals surface area contributed by atoms with Gasteiger partial charge in [-0.25, -0.2) is 0 Å². The van der Waals surface area contributed by atoms with E-state index < -0.39 is 0 Å². The number of fused-ring (bicyclic) bond motifs is 1. The first-order valence-corrected chi connectivity index (χ1v) is 7.46. The molecule has 18 heavy (non-hydrogen) atoms. The van der Waals surface area contributed by atoms with Crippen molar-refractivity contribution in [1.82, 2.24) is 10.2 Å². The number of carbonyl (C=O) groups excluding carboxylic acids is 1. The molecule has 5 heteroatoms. The second kappa shape index (κ2) is 4.99. The average Bonchev–Trinajstić information content (AvgIpc) is 3.02. The standard InChI is InChI=1S/C13H19N3OS/c14-7-10(12-4-2-6-18-12)16-5-1-3-9-11(16)8-15-13(9)17/h2,4,6,9-11H,1,3,5,7-8,14H2,(H,15,17). The molecule has 2 saturated heterocycles. The quantitative estimate of drug-likeness (QED) is 0.856. The van der Waals surface area contributed by atoms with Crippen LogP contribution in [0, 0.1) is 5.92 Å². The molecule has 2 aliphatic rings. The Hall–Kier alpha value is -0.910. The third-order valence-corrected chi connectivity index (χ3v) is 5.11. The third-order valence-electron chi connectivity index (χ3n) is 4.14. The van der Waals surface area contributed by atoms with Crippen LogP contribution in [-0.4, -0.2) is 36.5 Å². The van der Waals surface area contributed by atoms with Gasteiger partial charge in [-0.3, -0.25) is 9.69 Å². The van der Waals surface area contributed by atoms with E-state index in [2.05, 4.69) is 27.7 Å². The number of likely N-dealkylation sites (tertiary alicyclic amines) is 1. The Kier molecular flexibility index (Phi) is 3.37. The van der Waals surface area contributed by atoms with Gasteiger partial charge < -0.3 is 11.1 Å². The summed E-state index contributed by atoms with van der Waals surface area (Å²) in [6.45, 7) is 2.46. The van der Waals surface area contributed by atoms with E-state index in [0.717, 1.165) is 25.9 Å². The van der Waals surface area contributed by atoms with E-state index in [9.17, 15) is 4.79 Å². The molecule has 3 heterocycles. The van der Waals surface area contributed by atoms with E-state index in [4.69, 9.17) is 5.73 Å². The topological polar surface area (TPSA) is 58.4 Å². The van der Waals surface area contributed by atoms with Gasteiger partial charge in [0, 0.05) is 24.0 Å². The minimum Gasteiger partial charge on any atom is -0.354 e. The van der Waals surface area contributed by atoms with E-state index in [-0.39, 0.29) is 17.9 Å². The lowest BCUT2D eigenvalue weighted by atomic mass is 9.90. The number of carbonyl (C=O) groups is 1. The molecule has 98 valence electrons. The van der Waals surface area contributed by atoms with Gasteiger partial charge in [-0.1, -0.05) is 6.07 Å². The smallest absolute Gasteiger partial charge is 0.224 e. The highest BCUT2D eigenvalue weighted by Crippen LogP contribution is 2.34. The number of hydrogen-bond acceptors (Lipinski definition) is 4. The number of nitrogens with zero attached hydrogens (tertiary/aromatic N) is 1. The Morgan fingerprint density at radius 3 is 3.22 bits per heavy atom. The average molecular weight is 265 g/mol. The van der Waals surface area contributed by atoms with E-state index >= 15 is 0 Å². The van der Waals surface area contributed by atoms with E-state index in [1.165, 1.54) is 4.88 Å². The Bertz CT molecular complexity index is 420. The molecular formula is C13H19N3OS. The molecule has 4 nitrogen and oxygen atoms in total. The highest BCUT2D eigenvalue weighted by atomic mass is 32.1. The molecule has 3 N–H and O–H groups in total. The van der Waals surface area contributed by atoms with Crippen molar-refractivity contribution in [2.45, 2.75) is 24.9 Å². The highest BCUT2D eigenvalue weighted by molar-refractivity contribution is 7.10. The molecular weight excluding hydrogens is 246 g/mol. The van der Waals surface area contributed by atoms with Crippen molar-refractivity contribution in [3.05, 3.63) is 22.4 Å². The predicted octanol–water partition coefficient (Wildman–Crippen LogP) is 0.958. The van der Waals surface area contributed by atoms with Gasteiger partial charge in [0.15, 0.2) is 0 Å². The number of nitrogens with one attached hydrogen (secondary N) is 1. The largest absolute Gasteiger partial charge is 0.354 e. The predicted molar refractivity (Wildman–Crippen MR) is 72.3 cm³/mol. The lowest BCUT2D eigenvalue weighted by molar-refractivity contribution is -0.124. The molecule has 3 rings (SSSR count). The van der Waals surface area contributed by atoms with Gasteiger partial charge in [0.05, 0.1) is 12.0 Å². The zero-order valence-electron chi connectivity index (χ0n) is 10.3. The molecule has 3 atom stereocenters. The lowest BCUT2D eigenvalue weighted by Crippen LogP contribution is -2.48. The van der Waals surface area contributed by atoms with Gasteiger partial charge in [-0.2, -0.15) is 0 Å². The van der Waals surface area contributed by atoms with E-state index in [0.29, 0.717) is 12.6 Å². The first-order chi connectivity index (χ1) is 8.81. The Labute approximate surface area is 111 Å². The maximum absolute atomic E-state index is 11.8. The zero-order chi connectivity index (χ0) is 12.5. The molecule has 1 aromatic heterocycles. The van der Waals surface area contributed by atoms with Crippen LogP contribution in [0.1, 0.15) is 23.8 Å². The summed E-state index contributed by atoms with van der Waals surface area (Å²) in [6.07, 6.45) is 2.12. The van der Waals surface area contributed by atoms with Crippen LogP contribution in [-0.2, 0) is 4.79 Å². The monoisotopic (exact) mass is 265 g/mol. The first-order valence-electron chi connectivity index (χ1n) is 6.58. The summed E-state index contributed by atoms with van der Waals surface area (Å²) >= 11 is 1.76. The van der Waals surface area contributed by atoms with Crippen LogP contribution in [0.3, 0.4) is 0 Å². The second-order valence-electron chi connectivity index (χ2n) is 5.07. The fourth-order valence-corrected chi connectivity index (χ4v) is 4.13. The van der Waals surface area contributed by atoms with Gasteiger partial charge in [-0.05, 0) is 30.8 Å². The summed E-state index contributed by atoms with van der Waals surface area (Å²) in [5, 5.41) is 5.09. The molecule has 2 fully saturated rings. The molecule has 2 aliphatic heterocycles. The van der Waals surface area contributed by atoms with Crippen molar-refractivity contribution < 1.29 is 4.79 Å². The molecule has 0 bridgehead atoms. The molecule has 0 radical (unpaired) electrons. The summed E-state index contributed by atoms with van der Waals surface area (Å²) < 4.78 is 0. The van der Waals surface area contributed by atoms with Crippen LogP contribution >= 0.6 is 11.3 Å². The summed E-state index contributed by atoms with van der Waals surface area (Å²) in [5.41, 5.74) is 5.97. The van der Waals surface area contributed by atoms with Gasteiger partial charge in [0.1, 0.15) is 0 Å². The lowest BCUT2D eigenvalue weighted by Gasteiger charge is -2.40. The maximum atomic E-state index is 11.8. The van der Waals surface area contributed by atoms with Crippen molar-refractivity contribution in [2.75, 3.05) is 19.6 Å². The Morgan fingerprint density at radius 2 is 2.50 bits per heavy atom. The molecule has 0 aliphatic carbocycles. The molecule has 0 saturated carbocycles. The van der Waals surface area contributed by atoms with E-state index in [1.54, 1.807) is 11.3 Å². The number of piperidine rings is 1. The number of hydrogen-bond donors (Lipinski definition) is 2. The van der Waals surface area contributed by atoms with Crippen LogP contribution in [0.25, 0.3) is 0 Å². The van der Waals surface area contributed by atoms with Gasteiger partial charge in [-0.15, -0.1) is 11.3 Å². The zero-order valence-corrected chi connectivity index (χ0v) is 11.2. The Balaban J connectivity index is 1.84. The number of thiophene rings is 1. The van der Waals surface area contributed by atoms with Crippen molar-refractivity contribution in [2.24, 2.45) is 11.7 Å². The fraction of sp³-hybridized carbons (Fsp3) is 0.615. The van der Waals surface area contributed by atoms with Gasteiger partial charge in [0.2, 0.25) is 5.91 Å². The summed E-state index contributed by atoms with van der Waals surface area (Å²) in [7, 11) is 0. The minimum absolute atomic E-state index is 0.174. The van der Waals surface area contributed by atoms with E-state index in [1.807, 2.05) is 0 Å². The Morgan fingerprint density at radius 1 is 1.61 bits per heavy atom. The van der Waals surface area contributed by atoms with Crippen LogP contribution in [0.15, 0.2) is 17.5 Å². The molecule has 1 amide bonds. The summed E-state index contributed by atoms with van der Waals surface area (Å²) in [6, 6.07) is 4.82.